The highest BCUT2D eigenvalue weighted by Gasteiger charge is 2.30. The van der Waals surface area contributed by atoms with E-state index < -0.39 is 0 Å². The molecule has 7 nitrogen and oxygen atoms in total. The molecule has 0 unspecified atom stereocenters. The summed E-state index contributed by atoms with van der Waals surface area (Å²) < 4.78 is 3.42. The predicted octanol–water partition coefficient (Wildman–Crippen LogP) is 2.59. The first-order chi connectivity index (χ1) is 14.6. The molecule has 5 rings (SSSR count). The SMILES string of the molecule is Cn1nc(CN(C(=O)Cn2cnc3ccccc3c2=O)C2CCCC2)c2c1CCC2. The van der Waals surface area contributed by atoms with E-state index in [4.69, 9.17) is 5.10 Å². The van der Waals surface area contributed by atoms with Crippen molar-refractivity contribution >= 4 is 16.8 Å². The second kappa shape index (κ2) is 7.70. The Morgan fingerprint density at radius 2 is 1.97 bits per heavy atom. The summed E-state index contributed by atoms with van der Waals surface area (Å²) in [6, 6.07) is 7.48. The van der Waals surface area contributed by atoms with Crippen LogP contribution in [0.15, 0.2) is 35.4 Å². The number of hydrogen-bond acceptors (Lipinski definition) is 4. The molecule has 0 saturated heterocycles. The Hall–Kier alpha value is -2.96. The highest BCUT2D eigenvalue weighted by Crippen LogP contribution is 2.29. The number of aromatic nitrogens is 4. The molecule has 0 aliphatic heterocycles. The molecule has 2 aromatic heterocycles. The van der Waals surface area contributed by atoms with Gasteiger partial charge >= 0.3 is 0 Å². The zero-order valence-corrected chi connectivity index (χ0v) is 17.4. The number of fused-ring (bicyclic) bond motifs is 2. The molecule has 2 aliphatic rings. The zero-order valence-electron chi connectivity index (χ0n) is 17.4. The summed E-state index contributed by atoms with van der Waals surface area (Å²) in [5, 5.41) is 5.28. The number of carbonyl (C=O) groups excluding carboxylic acids is 1. The van der Waals surface area contributed by atoms with Crippen LogP contribution in [0.1, 0.15) is 49.1 Å². The van der Waals surface area contributed by atoms with Crippen molar-refractivity contribution < 1.29 is 4.79 Å². The van der Waals surface area contributed by atoms with E-state index in [-0.39, 0.29) is 24.1 Å². The van der Waals surface area contributed by atoms with E-state index in [1.54, 1.807) is 6.07 Å². The van der Waals surface area contributed by atoms with E-state index in [1.165, 1.54) is 22.2 Å². The summed E-state index contributed by atoms with van der Waals surface area (Å²) in [6.07, 6.45) is 9.08. The molecule has 0 spiro atoms. The molecule has 1 amide bonds. The topological polar surface area (TPSA) is 73.0 Å². The maximum atomic E-state index is 13.4. The lowest BCUT2D eigenvalue weighted by Gasteiger charge is -2.29. The minimum atomic E-state index is -0.168. The van der Waals surface area contributed by atoms with Gasteiger partial charge in [-0.25, -0.2) is 4.98 Å². The van der Waals surface area contributed by atoms with Crippen LogP contribution < -0.4 is 5.56 Å². The van der Waals surface area contributed by atoms with Crippen molar-refractivity contribution in [2.75, 3.05) is 0 Å². The van der Waals surface area contributed by atoms with Crippen LogP contribution in [0.25, 0.3) is 10.9 Å². The third kappa shape index (κ3) is 3.32. The number of aryl methyl sites for hydroxylation is 1. The molecule has 2 heterocycles. The number of rotatable bonds is 5. The summed E-state index contributed by atoms with van der Waals surface area (Å²) in [5.74, 6) is -0.0292. The van der Waals surface area contributed by atoms with Crippen molar-refractivity contribution in [2.24, 2.45) is 7.05 Å². The van der Waals surface area contributed by atoms with Gasteiger partial charge in [0.2, 0.25) is 5.91 Å². The van der Waals surface area contributed by atoms with Gasteiger partial charge < -0.3 is 4.90 Å². The lowest BCUT2D eigenvalue weighted by molar-refractivity contribution is -0.135. The quantitative estimate of drug-likeness (QED) is 0.654. The molecule has 156 valence electrons. The fraction of sp³-hybridized carbons (Fsp3) is 0.478. The molecule has 1 fully saturated rings. The Labute approximate surface area is 175 Å². The molecular weight excluding hydrogens is 378 g/mol. The Bertz CT molecular complexity index is 1160. The highest BCUT2D eigenvalue weighted by atomic mass is 16.2. The fourth-order valence-electron chi connectivity index (χ4n) is 5.08. The largest absolute Gasteiger partial charge is 0.332 e. The molecule has 30 heavy (non-hydrogen) atoms. The minimum Gasteiger partial charge on any atom is -0.332 e. The summed E-state index contributed by atoms with van der Waals surface area (Å²) in [4.78, 5) is 32.6. The number of nitrogens with zero attached hydrogens (tertiary/aromatic N) is 5. The maximum Gasteiger partial charge on any atom is 0.261 e. The van der Waals surface area contributed by atoms with E-state index in [0.29, 0.717) is 17.4 Å². The van der Waals surface area contributed by atoms with Crippen molar-refractivity contribution in [2.45, 2.75) is 64.1 Å². The number of hydrogen-bond donors (Lipinski definition) is 0. The molecule has 2 aliphatic carbocycles. The molecule has 0 N–H and O–H groups in total. The zero-order chi connectivity index (χ0) is 20.7. The second-order valence-corrected chi connectivity index (χ2v) is 8.50. The average molecular weight is 406 g/mol. The van der Waals surface area contributed by atoms with E-state index in [1.807, 2.05) is 34.8 Å². The van der Waals surface area contributed by atoms with Gasteiger partial charge in [0.05, 0.1) is 29.5 Å². The van der Waals surface area contributed by atoms with Gasteiger partial charge in [0, 0.05) is 18.8 Å². The molecule has 0 atom stereocenters. The lowest BCUT2D eigenvalue weighted by atomic mass is 10.1. The van der Waals surface area contributed by atoms with Gasteiger partial charge in [0.1, 0.15) is 6.54 Å². The van der Waals surface area contributed by atoms with Gasteiger partial charge in [-0.15, -0.1) is 0 Å². The number of amides is 1. The first kappa shape index (κ1) is 19.0. The van der Waals surface area contributed by atoms with Crippen molar-refractivity contribution in [3.63, 3.8) is 0 Å². The molecule has 3 aromatic rings. The highest BCUT2D eigenvalue weighted by molar-refractivity contribution is 5.79. The van der Waals surface area contributed by atoms with Crippen LogP contribution in [-0.2, 0) is 37.8 Å². The smallest absolute Gasteiger partial charge is 0.261 e. The molecule has 0 radical (unpaired) electrons. The van der Waals surface area contributed by atoms with Crippen molar-refractivity contribution in [1.82, 2.24) is 24.2 Å². The van der Waals surface area contributed by atoms with E-state index in [2.05, 4.69) is 4.98 Å². The van der Waals surface area contributed by atoms with Gasteiger partial charge in [0.25, 0.3) is 5.56 Å². The molecular formula is C23H27N5O2. The second-order valence-electron chi connectivity index (χ2n) is 8.50. The lowest BCUT2D eigenvalue weighted by Crippen LogP contribution is -2.42. The number of benzene rings is 1. The van der Waals surface area contributed by atoms with Crippen molar-refractivity contribution in [1.29, 1.82) is 0 Å². The average Bonchev–Trinajstić information content (AvgIpc) is 3.49. The van der Waals surface area contributed by atoms with Crippen LogP contribution in [0.3, 0.4) is 0 Å². The van der Waals surface area contributed by atoms with Crippen LogP contribution in [-0.4, -0.2) is 36.2 Å². The predicted molar refractivity (Wildman–Crippen MR) is 114 cm³/mol. The first-order valence-corrected chi connectivity index (χ1v) is 10.9. The van der Waals surface area contributed by atoms with E-state index in [0.717, 1.165) is 50.6 Å². The minimum absolute atomic E-state index is 0.0161. The molecule has 0 bridgehead atoms. The molecule has 7 heteroatoms. The number of para-hydroxylation sites is 1. The van der Waals surface area contributed by atoms with Crippen LogP contribution in [0.5, 0.6) is 0 Å². The Kier molecular flexibility index (Phi) is 4.89. The van der Waals surface area contributed by atoms with Crippen LogP contribution in [0, 0.1) is 0 Å². The summed E-state index contributed by atoms with van der Waals surface area (Å²) in [5.41, 5.74) is 4.13. The van der Waals surface area contributed by atoms with E-state index in [9.17, 15) is 9.59 Å². The summed E-state index contributed by atoms with van der Waals surface area (Å²) in [7, 11) is 2.00. The Morgan fingerprint density at radius 1 is 1.17 bits per heavy atom. The van der Waals surface area contributed by atoms with Crippen LogP contribution in [0.2, 0.25) is 0 Å². The van der Waals surface area contributed by atoms with Gasteiger partial charge in [-0.05, 0) is 49.8 Å². The summed E-state index contributed by atoms with van der Waals surface area (Å²) >= 11 is 0. The fourth-order valence-corrected chi connectivity index (χ4v) is 5.08. The van der Waals surface area contributed by atoms with Crippen LogP contribution >= 0.6 is 0 Å². The van der Waals surface area contributed by atoms with E-state index >= 15 is 0 Å². The van der Waals surface area contributed by atoms with Gasteiger partial charge in [-0.1, -0.05) is 25.0 Å². The third-order valence-corrected chi connectivity index (χ3v) is 6.64. The van der Waals surface area contributed by atoms with Crippen molar-refractivity contribution in [3.05, 3.63) is 57.9 Å². The molecule has 1 aromatic carbocycles. The van der Waals surface area contributed by atoms with Gasteiger partial charge in [0.15, 0.2) is 0 Å². The van der Waals surface area contributed by atoms with Crippen molar-refractivity contribution in [3.8, 4) is 0 Å². The Morgan fingerprint density at radius 3 is 2.80 bits per heavy atom. The normalized spacial score (nSPS) is 16.3. The first-order valence-electron chi connectivity index (χ1n) is 10.9. The number of carbonyl (C=O) groups is 1. The monoisotopic (exact) mass is 405 g/mol. The summed E-state index contributed by atoms with van der Waals surface area (Å²) in [6.45, 7) is 0.546. The third-order valence-electron chi connectivity index (χ3n) is 6.64. The van der Waals surface area contributed by atoms with Gasteiger partial charge in [-0.2, -0.15) is 5.10 Å². The maximum absolute atomic E-state index is 13.4. The van der Waals surface area contributed by atoms with Crippen LogP contribution in [0.4, 0.5) is 0 Å². The Balaban J connectivity index is 1.43. The molecule has 1 saturated carbocycles. The van der Waals surface area contributed by atoms with Gasteiger partial charge in [-0.3, -0.25) is 18.8 Å². The standard InChI is InChI=1S/C23H27N5O2/c1-26-21-12-6-10-17(21)20(25-26)13-28(16-7-2-3-8-16)22(29)14-27-15-24-19-11-5-4-9-18(19)23(27)30/h4-5,9,11,15-16H,2-3,6-8,10,12-14H2,1H3.